The zero-order chi connectivity index (χ0) is 27.6. The molecule has 5 aromatic rings. The fraction of sp³-hybridized carbons (Fsp3) is 0.114. The summed E-state index contributed by atoms with van der Waals surface area (Å²) in [5.74, 6) is -0.589. The number of hydrogen-bond acceptors (Lipinski definition) is 3. The summed E-state index contributed by atoms with van der Waals surface area (Å²) in [6, 6.07) is 42.6. The second-order valence-corrected chi connectivity index (χ2v) is 9.68. The molecular formula is C35H31N3O2. The minimum atomic E-state index is -0.330. The monoisotopic (exact) mass is 525 g/mol. The third kappa shape index (κ3) is 7.08. The number of nitrogens with one attached hydrogen (secondary N) is 2. The standard InChI is InChI=1S/C35H31N3O2/c39-34(37-31(28-17-9-3-10-18-28)23-26-13-5-1-6-14-26)30-21-22-36-33(25-30)35(40)38-32(29-19-11-4-12-20-29)24-27-15-7-2-8-16-27/h1-22,25,31-32H,23-24H2,(H,37,39)(H,38,40). The minimum absolute atomic E-state index is 0.195. The van der Waals surface area contributed by atoms with Crippen molar-refractivity contribution in [2.75, 3.05) is 0 Å². The Hall–Kier alpha value is -5.03. The van der Waals surface area contributed by atoms with Crippen LogP contribution >= 0.6 is 0 Å². The van der Waals surface area contributed by atoms with E-state index in [4.69, 9.17) is 0 Å². The lowest BCUT2D eigenvalue weighted by Gasteiger charge is -2.20. The number of hydrogen-bond donors (Lipinski definition) is 2. The third-order valence-corrected chi connectivity index (χ3v) is 6.83. The first-order valence-electron chi connectivity index (χ1n) is 13.4. The highest BCUT2D eigenvalue weighted by Crippen LogP contribution is 2.21. The van der Waals surface area contributed by atoms with Gasteiger partial charge < -0.3 is 10.6 Å². The van der Waals surface area contributed by atoms with Crippen LogP contribution in [0.3, 0.4) is 0 Å². The lowest BCUT2D eigenvalue weighted by molar-refractivity contribution is 0.0931. The molecule has 2 unspecified atom stereocenters. The normalized spacial score (nSPS) is 12.2. The van der Waals surface area contributed by atoms with Gasteiger partial charge in [-0.3, -0.25) is 14.6 Å². The molecule has 1 aromatic heterocycles. The Morgan fingerprint density at radius 2 is 0.975 bits per heavy atom. The molecule has 0 saturated heterocycles. The number of rotatable bonds is 10. The number of amides is 2. The van der Waals surface area contributed by atoms with Gasteiger partial charge in [-0.1, -0.05) is 121 Å². The van der Waals surface area contributed by atoms with Crippen LogP contribution in [0.5, 0.6) is 0 Å². The Balaban J connectivity index is 1.33. The molecule has 0 spiro atoms. The first kappa shape index (κ1) is 26.6. The fourth-order valence-electron chi connectivity index (χ4n) is 4.74. The molecule has 0 radical (unpaired) electrons. The lowest BCUT2D eigenvalue weighted by atomic mass is 9.98. The predicted octanol–water partition coefficient (Wildman–Crippen LogP) is 6.51. The van der Waals surface area contributed by atoms with E-state index in [1.807, 2.05) is 109 Å². The summed E-state index contributed by atoms with van der Waals surface area (Å²) in [4.78, 5) is 31.1. The molecule has 0 saturated carbocycles. The highest BCUT2D eigenvalue weighted by molar-refractivity contribution is 5.98. The van der Waals surface area contributed by atoms with Gasteiger partial charge in [0.2, 0.25) is 0 Å². The zero-order valence-electron chi connectivity index (χ0n) is 22.1. The van der Waals surface area contributed by atoms with Gasteiger partial charge in [0.15, 0.2) is 0 Å². The van der Waals surface area contributed by atoms with Crippen LogP contribution in [0.15, 0.2) is 140 Å². The van der Waals surface area contributed by atoms with Crippen molar-refractivity contribution >= 4 is 11.8 Å². The van der Waals surface area contributed by atoms with Crippen molar-refractivity contribution in [3.8, 4) is 0 Å². The number of nitrogens with zero attached hydrogens (tertiary/aromatic N) is 1. The van der Waals surface area contributed by atoms with Crippen molar-refractivity contribution in [1.29, 1.82) is 0 Å². The van der Waals surface area contributed by atoms with Crippen LogP contribution in [0.4, 0.5) is 0 Å². The Morgan fingerprint density at radius 3 is 1.45 bits per heavy atom. The van der Waals surface area contributed by atoms with Crippen LogP contribution in [0, 0.1) is 0 Å². The second kappa shape index (κ2) is 13.2. The number of pyridine rings is 1. The van der Waals surface area contributed by atoms with E-state index >= 15 is 0 Å². The molecule has 40 heavy (non-hydrogen) atoms. The lowest BCUT2D eigenvalue weighted by Crippen LogP contribution is -2.32. The molecule has 0 fully saturated rings. The topological polar surface area (TPSA) is 71.1 Å². The van der Waals surface area contributed by atoms with E-state index in [2.05, 4.69) is 27.8 Å². The summed E-state index contributed by atoms with van der Waals surface area (Å²) in [5.41, 5.74) is 4.83. The molecule has 5 heteroatoms. The van der Waals surface area contributed by atoms with Crippen molar-refractivity contribution in [3.05, 3.63) is 173 Å². The van der Waals surface area contributed by atoms with E-state index in [1.165, 1.54) is 6.20 Å². The average molecular weight is 526 g/mol. The highest BCUT2D eigenvalue weighted by atomic mass is 16.2. The summed E-state index contributed by atoms with van der Waals surface area (Å²) < 4.78 is 0. The largest absolute Gasteiger partial charge is 0.345 e. The Kier molecular flexibility index (Phi) is 8.74. The number of aromatic nitrogens is 1. The number of benzene rings is 4. The van der Waals surface area contributed by atoms with Gasteiger partial charge in [0, 0.05) is 11.8 Å². The molecule has 0 aliphatic carbocycles. The summed E-state index contributed by atoms with van der Waals surface area (Å²) in [6.07, 6.45) is 2.79. The van der Waals surface area contributed by atoms with Gasteiger partial charge in [-0.2, -0.15) is 0 Å². The molecule has 2 atom stereocenters. The maximum absolute atomic E-state index is 13.4. The van der Waals surface area contributed by atoms with Gasteiger partial charge in [0.1, 0.15) is 5.69 Å². The molecule has 0 aliphatic heterocycles. The first-order chi connectivity index (χ1) is 19.7. The van der Waals surface area contributed by atoms with Crippen molar-refractivity contribution in [1.82, 2.24) is 15.6 Å². The van der Waals surface area contributed by atoms with E-state index in [9.17, 15) is 9.59 Å². The fourth-order valence-corrected chi connectivity index (χ4v) is 4.74. The second-order valence-electron chi connectivity index (χ2n) is 9.68. The number of carbonyl (C=O) groups is 2. The Morgan fingerprint density at radius 1 is 0.550 bits per heavy atom. The molecule has 2 N–H and O–H groups in total. The van der Waals surface area contributed by atoms with Gasteiger partial charge in [0.05, 0.1) is 12.1 Å². The van der Waals surface area contributed by atoms with Gasteiger partial charge in [-0.15, -0.1) is 0 Å². The van der Waals surface area contributed by atoms with Crippen molar-refractivity contribution in [3.63, 3.8) is 0 Å². The van der Waals surface area contributed by atoms with Crippen LogP contribution in [0.25, 0.3) is 0 Å². The minimum Gasteiger partial charge on any atom is -0.345 e. The van der Waals surface area contributed by atoms with Crippen LogP contribution in [-0.4, -0.2) is 16.8 Å². The predicted molar refractivity (Wildman–Crippen MR) is 158 cm³/mol. The molecule has 4 aromatic carbocycles. The molecule has 2 amide bonds. The van der Waals surface area contributed by atoms with Gasteiger partial charge in [-0.05, 0) is 47.2 Å². The van der Waals surface area contributed by atoms with Crippen molar-refractivity contribution in [2.45, 2.75) is 24.9 Å². The molecule has 0 bridgehead atoms. The summed E-state index contributed by atoms with van der Waals surface area (Å²) in [7, 11) is 0. The molecular weight excluding hydrogens is 494 g/mol. The Labute approximate surface area is 234 Å². The molecule has 0 aliphatic rings. The first-order valence-corrected chi connectivity index (χ1v) is 13.4. The van der Waals surface area contributed by atoms with Crippen molar-refractivity contribution < 1.29 is 9.59 Å². The van der Waals surface area contributed by atoms with Gasteiger partial charge in [-0.25, -0.2) is 0 Å². The van der Waals surface area contributed by atoms with E-state index < -0.39 is 0 Å². The van der Waals surface area contributed by atoms with E-state index in [0.717, 1.165) is 22.3 Å². The smallest absolute Gasteiger partial charge is 0.270 e. The molecule has 5 nitrogen and oxygen atoms in total. The average Bonchev–Trinajstić information content (AvgIpc) is 3.02. The van der Waals surface area contributed by atoms with Crippen LogP contribution in [0.1, 0.15) is 55.2 Å². The van der Waals surface area contributed by atoms with E-state index in [0.29, 0.717) is 18.4 Å². The van der Waals surface area contributed by atoms with Gasteiger partial charge in [0.25, 0.3) is 11.8 Å². The summed E-state index contributed by atoms with van der Waals surface area (Å²) in [6.45, 7) is 0. The highest BCUT2D eigenvalue weighted by Gasteiger charge is 2.20. The molecule has 198 valence electrons. The molecule has 5 rings (SSSR count). The Bertz CT molecular complexity index is 1410. The summed E-state index contributed by atoms with van der Waals surface area (Å²) >= 11 is 0. The van der Waals surface area contributed by atoms with Gasteiger partial charge >= 0.3 is 0 Å². The maximum Gasteiger partial charge on any atom is 0.270 e. The molecule has 1 heterocycles. The SMILES string of the molecule is O=C(NC(Cc1ccccc1)c1ccccc1)c1ccnc(C(=O)NC(Cc2ccccc2)c2ccccc2)c1. The van der Waals surface area contributed by atoms with Crippen LogP contribution in [-0.2, 0) is 12.8 Å². The quantitative estimate of drug-likeness (QED) is 0.218. The summed E-state index contributed by atoms with van der Waals surface area (Å²) in [5, 5.41) is 6.30. The van der Waals surface area contributed by atoms with Crippen molar-refractivity contribution in [2.24, 2.45) is 0 Å². The number of carbonyl (C=O) groups excluding carboxylic acids is 2. The van der Waals surface area contributed by atoms with Crippen LogP contribution in [0.2, 0.25) is 0 Å². The third-order valence-electron chi connectivity index (χ3n) is 6.83. The van der Waals surface area contributed by atoms with E-state index in [1.54, 1.807) is 12.1 Å². The van der Waals surface area contributed by atoms with Crippen LogP contribution < -0.4 is 10.6 Å². The van der Waals surface area contributed by atoms with E-state index in [-0.39, 0.29) is 29.6 Å². The maximum atomic E-state index is 13.4. The zero-order valence-corrected chi connectivity index (χ0v) is 22.1.